The number of hydrogen-bond donors (Lipinski definition) is 5. The third kappa shape index (κ3) is 9.63. The molecule has 7 N–H and O–H groups in total. The van der Waals surface area contributed by atoms with Crippen LogP contribution in [0, 0.1) is 29.1 Å². The van der Waals surface area contributed by atoms with E-state index >= 15 is 0 Å². The number of nitrogens with one attached hydrogen (secondary N) is 3. The summed E-state index contributed by atoms with van der Waals surface area (Å²) in [5.41, 5.74) is 7.43. The monoisotopic (exact) mass is 748 g/mol. The van der Waals surface area contributed by atoms with E-state index in [2.05, 4.69) is 30.5 Å². The van der Waals surface area contributed by atoms with Crippen LogP contribution in [0.5, 0.6) is 11.5 Å². The summed E-state index contributed by atoms with van der Waals surface area (Å²) in [6.07, 6.45) is 6.28. The van der Waals surface area contributed by atoms with Crippen molar-refractivity contribution >= 4 is 34.7 Å². The van der Waals surface area contributed by atoms with Crippen LogP contribution < -0.4 is 31.2 Å². The SMILES string of the molecule is COc1cccc(OC)c1/C(=C/C(=N)C(=O)NC1(C(=O)OC(C)(C)C)C2CC3CC(C2)CC1C3)[NH2+]c1ccc(NCCOCCOCCN)cc1C(C)C. The lowest BCUT2D eigenvalue weighted by Gasteiger charge is -2.59. The van der Waals surface area contributed by atoms with Gasteiger partial charge in [0.05, 0.1) is 40.6 Å². The number of carbonyl (C=O) groups excluding carboxylic acids is 2. The van der Waals surface area contributed by atoms with Gasteiger partial charge in [0, 0.05) is 36.5 Å². The van der Waals surface area contributed by atoms with E-state index in [9.17, 15) is 15.0 Å². The minimum Gasteiger partial charge on any atom is -0.496 e. The number of carbonyl (C=O) groups is 2. The molecule has 2 aromatic carbocycles. The lowest BCUT2D eigenvalue weighted by molar-refractivity contribution is -0.469. The van der Waals surface area contributed by atoms with E-state index in [0.29, 0.717) is 74.1 Å². The average molecular weight is 749 g/mol. The number of anilines is 1. The molecule has 0 unspecified atom stereocenters. The largest absolute Gasteiger partial charge is 0.496 e. The maximum atomic E-state index is 14.3. The molecule has 0 radical (unpaired) electrons. The van der Waals surface area contributed by atoms with Crippen molar-refractivity contribution in [3.63, 3.8) is 0 Å². The summed E-state index contributed by atoms with van der Waals surface area (Å²) < 4.78 is 28.7. The van der Waals surface area contributed by atoms with E-state index in [1.165, 1.54) is 6.42 Å². The molecule has 54 heavy (non-hydrogen) atoms. The van der Waals surface area contributed by atoms with Crippen molar-refractivity contribution in [2.45, 2.75) is 83.8 Å². The fourth-order valence-corrected chi connectivity index (χ4v) is 8.83. The first-order valence-electron chi connectivity index (χ1n) is 19.4. The van der Waals surface area contributed by atoms with E-state index < -0.39 is 17.0 Å². The van der Waals surface area contributed by atoms with Crippen LogP contribution in [0.25, 0.3) is 5.70 Å². The van der Waals surface area contributed by atoms with Crippen LogP contribution in [0.15, 0.2) is 42.5 Å². The highest BCUT2D eigenvalue weighted by molar-refractivity contribution is 6.43. The van der Waals surface area contributed by atoms with Gasteiger partial charge in [-0.1, -0.05) is 19.9 Å². The Balaban J connectivity index is 1.43. The van der Waals surface area contributed by atoms with Crippen LogP contribution in [0.4, 0.5) is 11.4 Å². The number of hydrogen-bond acceptors (Lipinski definition) is 10. The summed E-state index contributed by atoms with van der Waals surface area (Å²) in [7, 11) is 3.17. The molecule has 0 aliphatic heterocycles. The fraction of sp³-hybridized carbons (Fsp3) is 0.595. The van der Waals surface area contributed by atoms with Gasteiger partial charge < -0.3 is 40.1 Å². The van der Waals surface area contributed by atoms with Crippen molar-refractivity contribution in [2.24, 2.45) is 29.4 Å². The summed E-state index contributed by atoms with van der Waals surface area (Å²) in [6, 6.07) is 11.7. The van der Waals surface area contributed by atoms with Crippen LogP contribution in [0.3, 0.4) is 0 Å². The maximum Gasteiger partial charge on any atom is 0.332 e. The number of rotatable bonds is 19. The van der Waals surface area contributed by atoms with Gasteiger partial charge in [0.25, 0.3) is 5.91 Å². The topological polar surface area (TPSA) is 171 Å². The summed E-state index contributed by atoms with van der Waals surface area (Å²) in [5, 5.41) is 17.8. The Morgan fingerprint density at radius 2 is 1.56 bits per heavy atom. The van der Waals surface area contributed by atoms with E-state index in [1.807, 2.05) is 56.4 Å². The van der Waals surface area contributed by atoms with Gasteiger partial charge in [-0.3, -0.25) is 15.5 Å². The van der Waals surface area contributed by atoms with Crippen LogP contribution >= 0.6 is 0 Å². The smallest absolute Gasteiger partial charge is 0.332 e. The van der Waals surface area contributed by atoms with Crippen LogP contribution in [0.1, 0.15) is 83.8 Å². The second-order valence-corrected chi connectivity index (χ2v) is 16.3. The van der Waals surface area contributed by atoms with Gasteiger partial charge in [0.1, 0.15) is 39.6 Å². The van der Waals surface area contributed by atoms with E-state index in [-0.39, 0.29) is 29.4 Å². The molecule has 4 aliphatic carbocycles. The van der Waals surface area contributed by atoms with Gasteiger partial charge in [0.2, 0.25) is 0 Å². The number of quaternary nitrogens is 1. The van der Waals surface area contributed by atoms with E-state index in [0.717, 1.165) is 42.6 Å². The number of benzene rings is 2. The molecule has 0 heterocycles. The van der Waals surface area contributed by atoms with E-state index in [4.69, 9.17) is 29.4 Å². The lowest BCUT2D eigenvalue weighted by atomic mass is 9.48. The highest BCUT2D eigenvalue weighted by Gasteiger charge is 2.63. The number of amides is 1. The molecule has 0 saturated heterocycles. The Morgan fingerprint density at radius 1 is 0.944 bits per heavy atom. The maximum absolute atomic E-state index is 14.3. The summed E-state index contributed by atoms with van der Waals surface area (Å²) >= 11 is 0. The number of esters is 1. The molecule has 12 heteroatoms. The van der Waals surface area contributed by atoms with Crippen molar-refractivity contribution in [3.05, 3.63) is 53.6 Å². The molecule has 0 aromatic heterocycles. The van der Waals surface area contributed by atoms with Gasteiger partial charge in [-0.05, 0) is 107 Å². The molecule has 4 saturated carbocycles. The Hall–Kier alpha value is -3.97. The van der Waals surface area contributed by atoms with Gasteiger partial charge in [-0.25, -0.2) is 4.79 Å². The van der Waals surface area contributed by atoms with Gasteiger partial charge in [0.15, 0.2) is 5.70 Å². The molecule has 4 bridgehead atoms. The molecular formula is C42H62N5O7+. The van der Waals surface area contributed by atoms with Gasteiger partial charge in [-0.2, -0.15) is 0 Å². The second-order valence-electron chi connectivity index (χ2n) is 16.3. The Kier molecular flexibility index (Phi) is 13.8. The molecule has 1 amide bonds. The molecule has 4 aliphatic rings. The first-order valence-corrected chi connectivity index (χ1v) is 19.4. The minimum absolute atomic E-state index is 0.0210. The van der Waals surface area contributed by atoms with Crippen molar-refractivity contribution in [2.75, 3.05) is 59.1 Å². The van der Waals surface area contributed by atoms with Crippen molar-refractivity contribution in [1.29, 1.82) is 5.41 Å². The van der Waals surface area contributed by atoms with Crippen molar-refractivity contribution < 1.29 is 38.6 Å². The highest BCUT2D eigenvalue weighted by atomic mass is 16.6. The number of methoxy groups -OCH3 is 2. The standard InChI is InChI=1S/C42H61N5O7/c1-26(2)32-24-31(45-14-16-53-18-17-52-15-13-43)11-12-34(32)46-35(38-36(50-6)9-8-10-37(38)51-7)25-33(44)39(48)47-42(40(49)54-41(3,4)5)29-20-27-19-28(22-29)23-30(42)21-27/h8-12,24-30,44-46H,13-23,43H2,1-7H3,(H,47,48)/p+1/b35-25-,44-33?. The van der Waals surface area contributed by atoms with Crippen molar-refractivity contribution in [1.82, 2.24) is 5.32 Å². The Labute approximate surface area is 320 Å². The molecule has 2 aromatic rings. The third-order valence-corrected chi connectivity index (χ3v) is 11.0. The summed E-state index contributed by atoms with van der Waals surface area (Å²) in [6.45, 7) is 13.0. The third-order valence-electron chi connectivity index (χ3n) is 11.0. The van der Waals surface area contributed by atoms with Crippen LogP contribution in [-0.2, 0) is 23.8 Å². The normalized spacial score (nSPS) is 23.3. The zero-order valence-electron chi connectivity index (χ0n) is 33.2. The fourth-order valence-electron chi connectivity index (χ4n) is 8.83. The van der Waals surface area contributed by atoms with Gasteiger partial charge >= 0.3 is 5.97 Å². The zero-order chi connectivity index (χ0) is 39.0. The Bertz CT molecular complexity index is 1620. The average Bonchev–Trinajstić information content (AvgIpc) is 3.12. The van der Waals surface area contributed by atoms with Gasteiger partial charge in [-0.15, -0.1) is 0 Å². The highest BCUT2D eigenvalue weighted by Crippen LogP contribution is 2.59. The summed E-state index contributed by atoms with van der Waals surface area (Å²) in [4.78, 5) is 28.4. The molecule has 4 fully saturated rings. The predicted molar refractivity (Wildman–Crippen MR) is 210 cm³/mol. The van der Waals surface area contributed by atoms with E-state index in [1.54, 1.807) is 20.3 Å². The second kappa shape index (κ2) is 18.1. The molecule has 0 atom stereocenters. The quantitative estimate of drug-likeness (QED) is 0.0565. The predicted octanol–water partition coefficient (Wildman–Crippen LogP) is 5.14. The summed E-state index contributed by atoms with van der Waals surface area (Å²) in [5.74, 6) is 1.33. The van der Waals surface area contributed by atoms with Crippen molar-refractivity contribution in [3.8, 4) is 11.5 Å². The first-order chi connectivity index (χ1) is 25.8. The molecule has 0 spiro atoms. The lowest BCUT2D eigenvalue weighted by Crippen LogP contribution is -2.75. The molecule has 6 rings (SSSR count). The minimum atomic E-state index is -1.17. The number of ether oxygens (including phenoxy) is 5. The first kappa shape index (κ1) is 41.2. The zero-order valence-corrected chi connectivity index (χ0v) is 33.2. The number of nitrogens with two attached hydrogens (primary N) is 2. The molecular weight excluding hydrogens is 686 g/mol. The Morgan fingerprint density at radius 3 is 2.11 bits per heavy atom. The molecule has 296 valence electrons. The van der Waals surface area contributed by atoms with Crippen LogP contribution in [-0.4, -0.2) is 82.5 Å². The molecule has 12 nitrogen and oxygen atoms in total. The van der Waals surface area contributed by atoms with Crippen LogP contribution in [0.2, 0.25) is 0 Å².